The van der Waals surface area contributed by atoms with E-state index in [4.69, 9.17) is 22.8 Å². The Kier molecular flexibility index (Phi) is 5.58. The molecule has 1 rings (SSSR count). The maximum absolute atomic E-state index is 12.9. The third-order valence-corrected chi connectivity index (χ3v) is 5.53. The van der Waals surface area contributed by atoms with Crippen LogP contribution >= 0.6 is 0 Å². The molecule has 116 valence electrons. The van der Waals surface area contributed by atoms with E-state index in [-0.39, 0.29) is 4.90 Å². The number of methoxy groups -OCH3 is 1. The summed E-state index contributed by atoms with van der Waals surface area (Å²) in [6.07, 6.45) is 9.43. The van der Waals surface area contributed by atoms with E-state index < -0.39 is 33.3 Å². The molecule has 1 amide bonds. The highest BCUT2D eigenvalue weighted by molar-refractivity contribution is 7.93. The summed E-state index contributed by atoms with van der Waals surface area (Å²) in [6.45, 7) is 0. The second kappa shape index (κ2) is 6.99. The highest BCUT2D eigenvalue weighted by atomic mass is 32.2. The van der Waals surface area contributed by atoms with Crippen LogP contribution in [0.1, 0.15) is 12.8 Å². The zero-order valence-electron chi connectivity index (χ0n) is 11.9. The van der Waals surface area contributed by atoms with Crippen LogP contribution in [-0.2, 0) is 14.6 Å². The van der Waals surface area contributed by atoms with Crippen molar-refractivity contribution in [1.82, 2.24) is 5.48 Å². The lowest BCUT2D eigenvalue weighted by atomic mass is 10.0. The molecule has 0 aliphatic rings. The van der Waals surface area contributed by atoms with Crippen molar-refractivity contribution in [2.75, 3.05) is 7.11 Å². The highest BCUT2D eigenvalue weighted by Crippen LogP contribution is 2.33. The van der Waals surface area contributed by atoms with E-state index in [1.807, 2.05) is 0 Å². The van der Waals surface area contributed by atoms with Crippen LogP contribution in [-0.4, -0.2) is 31.4 Å². The normalized spacial score (nSPS) is 11.1. The Morgan fingerprint density at radius 3 is 2.41 bits per heavy atom. The number of nitrogens with one attached hydrogen (secondary N) is 1. The fraction of sp³-hybridized carbons (Fsp3) is 0.267. The van der Waals surface area contributed by atoms with Gasteiger partial charge in [-0.3, -0.25) is 10.0 Å². The highest BCUT2D eigenvalue weighted by Gasteiger charge is 2.50. The van der Waals surface area contributed by atoms with Crippen molar-refractivity contribution in [3.05, 3.63) is 24.3 Å². The summed E-state index contributed by atoms with van der Waals surface area (Å²) in [4.78, 5) is 11.8. The Morgan fingerprint density at radius 1 is 1.36 bits per heavy atom. The van der Waals surface area contributed by atoms with E-state index in [1.54, 1.807) is 6.07 Å². The third kappa shape index (κ3) is 2.91. The third-order valence-electron chi connectivity index (χ3n) is 3.16. The number of sulfone groups is 1. The summed E-state index contributed by atoms with van der Waals surface area (Å²) in [7, 11) is -2.89. The monoisotopic (exact) mass is 321 g/mol. The number of hydroxylamine groups is 1. The van der Waals surface area contributed by atoms with Gasteiger partial charge in [0.1, 0.15) is 5.75 Å². The van der Waals surface area contributed by atoms with E-state index in [9.17, 15) is 13.2 Å². The van der Waals surface area contributed by atoms with E-state index in [2.05, 4.69) is 11.8 Å². The van der Waals surface area contributed by atoms with Gasteiger partial charge in [0.25, 0.3) is 5.91 Å². The fourth-order valence-electron chi connectivity index (χ4n) is 1.96. The van der Waals surface area contributed by atoms with Gasteiger partial charge >= 0.3 is 0 Å². The first-order valence-electron chi connectivity index (χ1n) is 6.09. The predicted octanol–water partition coefficient (Wildman–Crippen LogP) is 0.760. The zero-order valence-corrected chi connectivity index (χ0v) is 12.7. The van der Waals surface area contributed by atoms with E-state index >= 15 is 0 Å². The second-order valence-corrected chi connectivity index (χ2v) is 6.64. The molecule has 7 heteroatoms. The van der Waals surface area contributed by atoms with Crippen LogP contribution in [0.3, 0.4) is 0 Å². The Balaban J connectivity index is 3.61. The zero-order chi connectivity index (χ0) is 16.8. The molecule has 22 heavy (non-hydrogen) atoms. The van der Waals surface area contributed by atoms with Crippen molar-refractivity contribution in [2.45, 2.75) is 22.5 Å². The van der Waals surface area contributed by atoms with Crippen molar-refractivity contribution in [3.63, 3.8) is 0 Å². The Morgan fingerprint density at radius 2 is 1.95 bits per heavy atom. The molecule has 0 atom stereocenters. The number of terminal acetylenes is 2. The Hall–Kier alpha value is -2.48. The minimum Gasteiger partial charge on any atom is -0.497 e. The number of carbonyl (C=O) groups excluding carboxylic acids is 1. The van der Waals surface area contributed by atoms with Crippen molar-refractivity contribution in [3.8, 4) is 30.4 Å². The summed E-state index contributed by atoms with van der Waals surface area (Å²) in [5.41, 5.74) is 1.34. The lowest BCUT2D eigenvalue weighted by Crippen LogP contribution is -2.51. The molecule has 0 bridgehead atoms. The summed E-state index contributed by atoms with van der Waals surface area (Å²) < 4.78 is 28.6. The van der Waals surface area contributed by atoms with Crippen LogP contribution in [0, 0.1) is 24.7 Å². The Labute approximate surface area is 129 Å². The molecule has 0 radical (unpaired) electrons. The van der Waals surface area contributed by atoms with Crippen LogP contribution in [0.4, 0.5) is 0 Å². The lowest BCUT2D eigenvalue weighted by Gasteiger charge is -2.27. The van der Waals surface area contributed by atoms with E-state index in [0.717, 1.165) is 0 Å². The molecule has 0 saturated heterocycles. The molecular weight excluding hydrogens is 306 g/mol. The number of carbonyl (C=O) groups is 1. The topological polar surface area (TPSA) is 92.7 Å². The SMILES string of the molecule is C#CCC(CC#C)(C(=O)NO)S(=O)(=O)c1cccc(OC)c1. The minimum absolute atomic E-state index is 0.180. The van der Waals surface area contributed by atoms with Gasteiger partial charge in [-0.1, -0.05) is 6.07 Å². The van der Waals surface area contributed by atoms with Gasteiger partial charge in [-0.2, -0.15) is 0 Å². The maximum atomic E-state index is 12.9. The number of amides is 1. The van der Waals surface area contributed by atoms with Crippen molar-refractivity contribution in [1.29, 1.82) is 0 Å². The van der Waals surface area contributed by atoms with Gasteiger partial charge in [0.15, 0.2) is 14.6 Å². The quantitative estimate of drug-likeness (QED) is 0.458. The lowest BCUT2D eigenvalue weighted by molar-refractivity contribution is -0.131. The summed E-state index contributed by atoms with van der Waals surface area (Å²) in [5, 5.41) is 8.91. The number of hydrogen-bond acceptors (Lipinski definition) is 5. The van der Waals surface area contributed by atoms with Gasteiger partial charge in [-0.25, -0.2) is 13.9 Å². The van der Waals surface area contributed by atoms with Gasteiger partial charge in [0.2, 0.25) is 0 Å². The van der Waals surface area contributed by atoms with E-state index in [1.165, 1.54) is 30.8 Å². The van der Waals surface area contributed by atoms with Gasteiger partial charge in [-0.05, 0) is 18.2 Å². The van der Waals surface area contributed by atoms with Crippen LogP contribution in [0.15, 0.2) is 29.2 Å². The van der Waals surface area contributed by atoms with Crippen LogP contribution in [0.5, 0.6) is 5.75 Å². The van der Waals surface area contributed by atoms with Gasteiger partial charge < -0.3 is 4.74 Å². The van der Waals surface area contributed by atoms with Crippen LogP contribution in [0.2, 0.25) is 0 Å². The first kappa shape index (κ1) is 17.6. The molecule has 6 nitrogen and oxygen atoms in total. The summed E-state index contributed by atoms with van der Waals surface area (Å²) >= 11 is 0. The first-order chi connectivity index (χ1) is 10.4. The van der Waals surface area contributed by atoms with Gasteiger partial charge in [0.05, 0.1) is 12.0 Å². The summed E-state index contributed by atoms with van der Waals surface area (Å²) in [6, 6.07) is 5.56. The standard InChI is InChI=1S/C15H15NO5S/c1-4-9-15(10-5-2,14(17)16-18)22(19,20)13-8-6-7-12(11-13)21-3/h1-2,6-8,11,18H,9-10H2,3H3,(H,16,17). The minimum atomic E-state index is -4.27. The Bertz CT molecular complexity index is 724. The molecule has 0 spiro atoms. The number of ether oxygens (including phenoxy) is 1. The van der Waals surface area contributed by atoms with Gasteiger partial charge in [-0.15, -0.1) is 24.7 Å². The predicted molar refractivity (Wildman–Crippen MR) is 79.7 cm³/mol. The number of rotatable bonds is 6. The van der Waals surface area contributed by atoms with Gasteiger partial charge in [0, 0.05) is 12.8 Å². The molecule has 1 aromatic carbocycles. The molecule has 0 heterocycles. The number of hydrogen-bond donors (Lipinski definition) is 2. The van der Waals surface area contributed by atoms with Crippen molar-refractivity contribution >= 4 is 15.7 Å². The molecule has 0 saturated carbocycles. The average molecular weight is 321 g/mol. The largest absolute Gasteiger partial charge is 0.497 e. The van der Waals surface area contributed by atoms with Crippen LogP contribution in [0.25, 0.3) is 0 Å². The second-order valence-electron chi connectivity index (χ2n) is 4.38. The molecule has 0 unspecified atom stereocenters. The number of benzene rings is 1. The van der Waals surface area contributed by atoms with Crippen LogP contribution < -0.4 is 10.2 Å². The molecule has 0 aliphatic carbocycles. The smallest absolute Gasteiger partial charge is 0.267 e. The molecule has 0 aromatic heterocycles. The molecular formula is C15H15NO5S. The summed E-state index contributed by atoms with van der Waals surface area (Å²) in [5.74, 6) is 3.39. The fourth-order valence-corrected chi connectivity index (χ4v) is 3.78. The molecule has 2 N–H and O–H groups in total. The maximum Gasteiger partial charge on any atom is 0.267 e. The average Bonchev–Trinajstić information content (AvgIpc) is 2.53. The first-order valence-corrected chi connectivity index (χ1v) is 7.58. The van der Waals surface area contributed by atoms with E-state index in [0.29, 0.717) is 5.75 Å². The molecule has 0 fully saturated rings. The molecule has 1 aromatic rings. The van der Waals surface area contributed by atoms with Crippen molar-refractivity contribution < 1.29 is 23.2 Å². The van der Waals surface area contributed by atoms with Crippen molar-refractivity contribution in [2.24, 2.45) is 0 Å². The molecule has 0 aliphatic heterocycles.